The maximum Gasteiger partial charge on any atom is 0.0670 e. The highest BCUT2D eigenvalue weighted by Gasteiger charge is 2.33. The summed E-state index contributed by atoms with van der Waals surface area (Å²) in [6.07, 6.45) is 8.17. The summed E-state index contributed by atoms with van der Waals surface area (Å²) in [5, 5.41) is 0. The first-order chi connectivity index (χ1) is 7.64. The van der Waals surface area contributed by atoms with E-state index in [4.69, 9.17) is 10.5 Å². The zero-order chi connectivity index (χ0) is 12.0. The smallest absolute Gasteiger partial charge is 0.0670 e. The number of likely N-dealkylation sites (N-methyl/N-ethyl adjacent to an activating group) is 1. The molecule has 1 rings (SSSR count). The molecule has 0 saturated heterocycles. The first-order valence-electron chi connectivity index (χ1n) is 6.59. The second kappa shape index (κ2) is 6.58. The molecule has 1 saturated carbocycles. The summed E-state index contributed by atoms with van der Waals surface area (Å²) in [6, 6.07) is 0. The van der Waals surface area contributed by atoms with E-state index in [0.717, 1.165) is 13.1 Å². The molecule has 0 bridgehead atoms. The number of nitrogens with two attached hydrogens (primary N) is 1. The predicted octanol–water partition coefficient (Wildman–Crippen LogP) is 2.00. The van der Waals surface area contributed by atoms with Gasteiger partial charge in [-0.05, 0) is 26.8 Å². The lowest BCUT2D eigenvalue weighted by Crippen LogP contribution is -2.53. The molecule has 3 heteroatoms. The van der Waals surface area contributed by atoms with Crippen molar-refractivity contribution in [2.24, 2.45) is 5.73 Å². The lowest BCUT2D eigenvalue weighted by molar-refractivity contribution is 0.0317. The largest absolute Gasteiger partial charge is 0.380 e. The molecule has 1 atom stereocenters. The molecule has 0 amide bonds. The van der Waals surface area contributed by atoms with Crippen molar-refractivity contribution in [3.05, 3.63) is 0 Å². The van der Waals surface area contributed by atoms with Crippen LogP contribution in [0.2, 0.25) is 0 Å². The van der Waals surface area contributed by atoms with E-state index < -0.39 is 0 Å². The van der Waals surface area contributed by atoms with Crippen molar-refractivity contribution >= 4 is 0 Å². The zero-order valence-electron chi connectivity index (χ0n) is 11.2. The maximum absolute atomic E-state index is 6.04. The Labute approximate surface area is 100 Å². The SMILES string of the molecule is COC(C)CN(C)C1(CN)CCCCCC1. The molecular formula is C13H28N2O. The highest BCUT2D eigenvalue weighted by Crippen LogP contribution is 2.31. The van der Waals surface area contributed by atoms with Gasteiger partial charge in [0.1, 0.15) is 0 Å². The van der Waals surface area contributed by atoms with Crippen molar-refractivity contribution < 1.29 is 4.74 Å². The van der Waals surface area contributed by atoms with Crippen molar-refractivity contribution in [2.45, 2.75) is 57.1 Å². The van der Waals surface area contributed by atoms with E-state index >= 15 is 0 Å². The van der Waals surface area contributed by atoms with Crippen LogP contribution in [-0.2, 0) is 4.74 Å². The predicted molar refractivity (Wildman–Crippen MR) is 68.6 cm³/mol. The number of hydrogen-bond donors (Lipinski definition) is 1. The molecule has 0 spiro atoms. The van der Waals surface area contributed by atoms with Crippen molar-refractivity contribution in [2.75, 3.05) is 27.2 Å². The van der Waals surface area contributed by atoms with E-state index in [-0.39, 0.29) is 11.6 Å². The molecule has 96 valence electrons. The van der Waals surface area contributed by atoms with Gasteiger partial charge in [0.25, 0.3) is 0 Å². The number of rotatable bonds is 5. The van der Waals surface area contributed by atoms with E-state index in [1.807, 2.05) is 0 Å². The van der Waals surface area contributed by atoms with Gasteiger partial charge in [-0.25, -0.2) is 0 Å². The highest BCUT2D eigenvalue weighted by atomic mass is 16.5. The van der Waals surface area contributed by atoms with E-state index in [9.17, 15) is 0 Å². The Morgan fingerprint density at radius 1 is 1.25 bits per heavy atom. The van der Waals surface area contributed by atoms with Gasteiger partial charge >= 0.3 is 0 Å². The molecule has 1 fully saturated rings. The van der Waals surface area contributed by atoms with Gasteiger partial charge in [0, 0.05) is 25.7 Å². The average molecular weight is 228 g/mol. The highest BCUT2D eigenvalue weighted by molar-refractivity contribution is 4.92. The monoisotopic (exact) mass is 228 g/mol. The van der Waals surface area contributed by atoms with Crippen LogP contribution in [0.3, 0.4) is 0 Å². The average Bonchev–Trinajstić information content (AvgIpc) is 2.54. The van der Waals surface area contributed by atoms with Gasteiger partial charge in [0.2, 0.25) is 0 Å². The van der Waals surface area contributed by atoms with Crippen molar-refractivity contribution in [3.63, 3.8) is 0 Å². The summed E-state index contributed by atoms with van der Waals surface area (Å²) >= 11 is 0. The number of ether oxygens (including phenoxy) is 1. The lowest BCUT2D eigenvalue weighted by Gasteiger charge is -2.42. The molecule has 0 aromatic carbocycles. The minimum absolute atomic E-state index is 0.225. The van der Waals surface area contributed by atoms with Crippen LogP contribution in [-0.4, -0.2) is 43.8 Å². The maximum atomic E-state index is 6.04. The molecule has 2 N–H and O–H groups in total. The van der Waals surface area contributed by atoms with Crippen LogP contribution in [0.15, 0.2) is 0 Å². The summed E-state index contributed by atoms with van der Waals surface area (Å²) in [4.78, 5) is 2.44. The Morgan fingerprint density at radius 2 is 1.81 bits per heavy atom. The van der Waals surface area contributed by atoms with Crippen LogP contribution in [0, 0.1) is 0 Å². The third-order valence-electron chi connectivity index (χ3n) is 4.16. The fourth-order valence-electron chi connectivity index (χ4n) is 2.78. The molecule has 0 radical (unpaired) electrons. The minimum atomic E-state index is 0.225. The van der Waals surface area contributed by atoms with Crippen molar-refractivity contribution in [3.8, 4) is 0 Å². The summed E-state index contributed by atoms with van der Waals surface area (Å²) in [5.74, 6) is 0. The first kappa shape index (κ1) is 13.9. The molecule has 0 aromatic heterocycles. The van der Waals surface area contributed by atoms with Gasteiger partial charge in [-0.3, -0.25) is 4.90 Å². The van der Waals surface area contributed by atoms with Crippen LogP contribution in [0.25, 0.3) is 0 Å². The van der Waals surface area contributed by atoms with E-state index in [2.05, 4.69) is 18.9 Å². The number of nitrogens with zero attached hydrogens (tertiary/aromatic N) is 1. The Balaban J connectivity index is 2.61. The fourth-order valence-corrected chi connectivity index (χ4v) is 2.78. The third kappa shape index (κ3) is 3.44. The Kier molecular flexibility index (Phi) is 5.73. The first-order valence-corrected chi connectivity index (χ1v) is 6.59. The van der Waals surface area contributed by atoms with Gasteiger partial charge < -0.3 is 10.5 Å². The summed E-state index contributed by atoms with van der Waals surface area (Å²) in [6.45, 7) is 3.88. The second-order valence-electron chi connectivity index (χ2n) is 5.27. The molecule has 0 aliphatic heterocycles. The van der Waals surface area contributed by atoms with Crippen molar-refractivity contribution in [1.29, 1.82) is 0 Å². The number of methoxy groups -OCH3 is 1. The normalized spacial score (nSPS) is 23.1. The van der Waals surface area contributed by atoms with Gasteiger partial charge in [0.05, 0.1) is 6.10 Å². The lowest BCUT2D eigenvalue weighted by atomic mass is 9.88. The Morgan fingerprint density at radius 3 is 2.25 bits per heavy atom. The quantitative estimate of drug-likeness (QED) is 0.732. The van der Waals surface area contributed by atoms with E-state index in [1.165, 1.54) is 38.5 Å². The third-order valence-corrected chi connectivity index (χ3v) is 4.16. The van der Waals surface area contributed by atoms with E-state index in [1.54, 1.807) is 7.11 Å². The molecule has 1 aliphatic rings. The molecular weight excluding hydrogens is 200 g/mol. The van der Waals surface area contributed by atoms with Gasteiger partial charge in [-0.2, -0.15) is 0 Å². The molecule has 1 unspecified atom stereocenters. The standard InChI is InChI=1S/C13H28N2O/c1-12(16-3)10-15(2)13(11-14)8-6-4-5-7-9-13/h12H,4-11,14H2,1-3H3. The van der Waals surface area contributed by atoms with Gasteiger partial charge in [-0.15, -0.1) is 0 Å². The van der Waals surface area contributed by atoms with E-state index in [0.29, 0.717) is 0 Å². The van der Waals surface area contributed by atoms with Crippen molar-refractivity contribution in [1.82, 2.24) is 4.90 Å². The summed E-state index contributed by atoms with van der Waals surface area (Å²) in [7, 11) is 3.98. The second-order valence-corrected chi connectivity index (χ2v) is 5.27. The molecule has 0 aromatic rings. The fraction of sp³-hybridized carbons (Fsp3) is 1.00. The number of hydrogen-bond acceptors (Lipinski definition) is 3. The summed E-state index contributed by atoms with van der Waals surface area (Å²) < 4.78 is 5.35. The zero-order valence-corrected chi connectivity index (χ0v) is 11.2. The minimum Gasteiger partial charge on any atom is -0.380 e. The van der Waals surface area contributed by atoms with Gasteiger partial charge in [-0.1, -0.05) is 25.7 Å². The van der Waals surface area contributed by atoms with Crippen LogP contribution in [0.1, 0.15) is 45.4 Å². The Hall–Kier alpha value is -0.120. The molecule has 3 nitrogen and oxygen atoms in total. The summed E-state index contributed by atoms with van der Waals surface area (Å²) in [5.41, 5.74) is 6.27. The van der Waals surface area contributed by atoms with Crippen LogP contribution >= 0.6 is 0 Å². The van der Waals surface area contributed by atoms with Gasteiger partial charge in [0.15, 0.2) is 0 Å². The van der Waals surface area contributed by atoms with Crippen LogP contribution in [0.4, 0.5) is 0 Å². The molecule has 0 heterocycles. The topological polar surface area (TPSA) is 38.5 Å². The molecule has 1 aliphatic carbocycles. The van der Waals surface area contributed by atoms with Crippen LogP contribution in [0.5, 0.6) is 0 Å². The molecule has 16 heavy (non-hydrogen) atoms. The van der Waals surface area contributed by atoms with Crippen LogP contribution < -0.4 is 5.73 Å². The Bertz CT molecular complexity index is 188.